The van der Waals surface area contributed by atoms with Gasteiger partial charge in [0.05, 0.1) is 10.8 Å². The lowest BCUT2D eigenvalue weighted by molar-refractivity contribution is -0.131. The summed E-state index contributed by atoms with van der Waals surface area (Å²) < 4.78 is 0. The average Bonchev–Trinajstić information content (AvgIpc) is 2.54. The minimum absolute atomic E-state index is 0.115. The van der Waals surface area contributed by atoms with Gasteiger partial charge in [0.2, 0.25) is 5.91 Å². The molecule has 5 heteroatoms. The van der Waals surface area contributed by atoms with Gasteiger partial charge in [-0.15, -0.1) is 0 Å². The molecule has 4 nitrogen and oxygen atoms in total. The van der Waals surface area contributed by atoms with Crippen molar-refractivity contribution < 1.29 is 4.79 Å². The number of benzene rings is 1. The van der Waals surface area contributed by atoms with Crippen LogP contribution in [0.1, 0.15) is 32.0 Å². The molecule has 1 fully saturated rings. The van der Waals surface area contributed by atoms with Gasteiger partial charge in [-0.2, -0.15) is 0 Å². The number of piperidine rings is 1. The second kappa shape index (κ2) is 6.65. The summed E-state index contributed by atoms with van der Waals surface area (Å²) >= 11 is 1.55. The normalized spacial score (nSPS) is 16.7. The number of carbonyl (C=O) groups is 1. The Hall–Kier alpha value is -1.62. The van der Waals surface area contributed by atoms with E-state index in [-0.39, 0.29) is 11.2 Å². The fourth-order valence-electron chi connectivity index (χ4n) is 2.84. The summed E-state index contributed by atoms with van der Waals surface area (Å²) in [6.45, 7) is 5.67. The van der Waals surface area contributed by atoms with E-state index in [2.05, 4.69) is 9.97 Å². The van der Waals surface area contributed by atoms with Gasteiger partial charge in [0.15, 0.2) is 0 Å². The van der Waals surface area contributed by atoms with Crippen LogP contribution in [-0.4, -0.2) is 39.1 Å². The molecule has 0 aliphatic carbocycles. The van der Waals surface area contributed by atoms with Gasteiger partial charge < -0.3 is 4.90 Å². The van der Waals surface area contributed by atoms with Crippen LogP contribution in [0.15, 0.2) is 29.3 Å². The lowest BCUT2D eigenvalue weighted by Crippen LogP contribution is -2.40. The lowest BCUT2D eigenvalue weighted by Gasteiger charge is -2.29. The number of nitrogens with zero attached hydrogens (tertiary/aromatic N) is 3. The molecular weight excluding hydrogens is 294 g/mol. The number of hydrogen-bond acceptors (Lipinski definition) is 4. The number of likely N-dealkylation sites (tertiary alicyclic amines) is 1. The Morgan fingerprint density at radius 2 is 1.91 bits per heavy atom. The molecule has 0 saturated carbocycles. The molecule has 1 aliphatic heterocycles. The highest BCUT2D eigenvalue weighted by atomic mass is 32.2. The van der Waals surface area contributed by atoms with Gasteiger partial charge in [0.25, 0.3) is 0 Å². The van der Waals surface area contributed by atoms with Crippen molar-refractivity contribution in [1.82, 2.24) is 14.9 Å². The van der Waals surface area contributed by atoms with Crippen LogP contribution in [0.3, 0.4) is 0 Å². The third-order valence-corrected chi connectivity index (χ3v) is 5.07. The molecule has 0 bridgehead atoms. The Bertz CT molecular complexity index is 683. The van der Waals surface area contributed by atoms with Crippen molar-refractivity contribution in [3.05, 3.63) is 30.1 Å². The predicted molar refractivity (Wildman–Crippen MR) is 90.0 cm³/mol. The van der Waals surface area contributed by atoms with Crippen molar-refractivity contribution in [2.24, 2.45) is 0 Å². The molecule has 1 amide bonds. The minimum atomic E-state index is -0.115. The summed E-state index contributed by atoms with van der Waals surface area (Å²) in [5.41, 5.74) is 0.940. The largest absolute Gasteiger partial charge is 0.342 e. The zero-order valence-corrected chi connectivity index (χ0v) is 13.9. The molecule has 0 unspecified atom stereocenters. The lowest BCUT2D eigenvalue weighted by atomic mass is 10.1. The van der Waals surface area contributed by atoms with E-state index in [9.17, 15) is 4.79 Å². The molecule has 2 aromatic rings. The van der Waals surface area contributed by atoms with E-state index in [1.807, 2.05) is 43.0 Å². The van der Waals surface area contributed by atoms with Crippen molar-refractivity contribution in [3.63, 3.8) is 0 Å². The van der Waals surface area contributed by atoms with Crippen LogP contribution in [0.25, 0.3) is 10.9 Å². The number of carbonyl (C=O) groups excluding carboxylic acids is 1. The highest BCUT2D eigenvalue weighted by Crippen LogP contribution is 2.29. The monoisotopic (exact) mass is 315 g/mol. The number of thioether (sulfide) groups is 1. The van der Waals surface area contributed by atoms with Crippen molar-refractivity contribution in [3.8, 4) is 0 Å². The van der Waals surface area contributed by atoms with Gasteiger partial charge in [-0.25, -0.2) is 9.97 Å². The highest BCUT2D eigenvalue weighted by molar-refractivity contribution is 8.00. The third kappa shape index (κ3) is 3.24. The zero-order valence-electron chi connectivity index (χ0n) is 13.1. The highest BCUT2D eigenvalue weighted by Gasteiger charge is 2.24. The second-order valence-corrected chi connectivity index (χ2v) is 7.07. The summed E-state index contributed by atoms with van der Waals surface area (Å²) in [6, 6.07) is 7.98. The fraction of sp³-hybridized carbons (Fsp3) is 0.471. The molecule has 0 radical (unpaired) electrons. The summed E-state index contributed by atoms with van der Waals surface area (Å²) in [6.07, 6.45) is 3.48. The first-order valence-electron chi connectivity index (χ1n) is 7.84. The topological polar surface area (TPSA) is 46.1 Å². The summed E-state index contributed by atoms with van der Waals surface area (Å²) in [7, 11) is 0. The van der Waals surface area contributed by atoms with E-state index in [0.717, 1.165) is 47.7 Å². The van der Waals surface area contributed by atoms with E-state index < -0.39 is 0 Å². The predicted octanol–water partition coefficient (Wildman–Crippen LogP) is 3.43. The minimum Gasteiger partial charge on any atom is -0.342 e. The van der Waals surface area contributed by atoms with Crippen LogP contribution < -0.4 is 0 Å². The van der Waals surface area contributed by atoms with Crippen LogP contribution in [-0.2, 0) is 4.79 Å². The summed E-state index contributed by atoms with van der Waals surface area (Å²) in [5.74, 6) is 0.976. The number of rotatable bonds is 3. The molecular formula is C17H21N3OS. The van der Waals surface area contributed by atoms with Gasteiger partial charge in [-0.1, -0.05) is 30.0 Å². The van der Waals surface area contributed by atoms with Crippen LogP contribution >= 0.6 is 11.8 Å². The Balaban J connectivity index is 1.81. The molecule has 0 spiro atoms. The van der Waals surface area contributed by atoms with Gasteiger partial charge in [-0.3, -0.25) is 4.79 Å². The molecule has 22 heavy (non-hydrogen) atoms. The maximum absolute atomic E-state index is 12.6. The van der Waals surface area contributed by atoms with Gasteiger partial charge in [0.1, 0.15) is 10.9 Å². The van der Waals surface area contributed by atoms with E-state index in [4.69, 9.17) is 0 Å². The first kappa shape index (κ1) is 15.3. The van der Waals surface area contributed by atoms with Crippen LogP contribution in [0, 0.1) is 6.92 Å². The SMILES string of the molecule is Cc1nc(S[C@@H](C)C(=O)N2CCCCC2)c2ccccc2n1. The maximum atomic E-state index is 12.6. The molecule has 0 N–H and O–H groups in total. The summed E-state index contributed by atoms with van der Waals surface area (Å²) in [4.78, 5) is 23.6. The van der Waals surface area contributed by atoms with Gasteiger partial charge in [0, 0.05) is 18.5 Å². The Morgan fingerprint density at radius 1 is 1.18 bits per heavy atom. The van der Waals surface area contributed by atoms with E-state index >= 15 is 0 Å². The van der Waals surface area contributed by atoms with E-state index in [1.165, 1.54) is 6.42 Å². The van der Waals surface area contributed by atoms with Crippen LogP contribution in [0.4, 0.5) is 0 Å². The van der Waals surface area contributed by atoms with Crippen molar-refractivity contribution in [2.45, 2.75) is 43.4 Å². The van der Waals surface area contributed by atoms with E-state index in [0.29, 0.717) is 0 Å². The molecule has 3 rings (SSSR count). The number of aryl methyl sites for hydroxylation is 1. The number of hydrogen-bond donors (Lipinski definition) is 0. The smallest absolute Gasteiger partial charge is 0.235 e. The van der Waals surface area contributed by atoms with Gasteiger partial charge >= 0.3 is 0 Å². The molecule has 116 valence electrons. The molecule has 1 aromatic carbocycles. The van der Waals surface area contributed by atoms with E-state index in [1.54, 1.807) is 11.8 Å². The molecule has 2 heterocycles. The fourth-order valence-corrected chi connectivity index (χ4v) is 3.91. The number of fused-ring (bicyclic) bond motifs is 1. The zero-order chi connectivity index (χ0) is 15.5. The summed E-state index contributed by atoms with van der Waals surface area (Å²) in [5, 5.41) is 1.81. The molecule has 1 aromatic heterocycles. The van der Waals surface area contributed by atoms with Gasteiger partial charge in [-0.05, 0) is 39.2 Å². The molecule has 1 saturated heterocycles. The number of aromatic nitrogens is 2. The standard InChI is InChI=1S/C17H21N3OS/c1-12(17(21)20-10-6-3-7-11-20)22-16-14-8-4-5-9-15(14)18-13(2)19-16/h4-5,8-9,12H,3,6-7,10-11H2,1-2H3/t12-/m0/s1. The Kier molecular flexibility index (Phi) is 4.62. The molecule has 1 atom stereocenters. The molecule has 1 aliphatic rings. The van der Waals surface area contributed by atoms with Crippen molar-refractivity contribution in [2.75, 3.05) is 13.1 Å². The Labute approximate surface area is 135 Å². The number of amides is 1. The van der Waals surface area contributed by atoms with Crippen LogP contribution in [0.5, 0.6) is 0 Å². The van der Waals surface area contributed by atoms with Crippen LogP contribution in [0.2, 0.25) is 0 Å². The first-order valence-corrected chi connectivity index (χ1v) is 8.72. The average molecular weight is 315 g/mol. The van der Waals surface area contributed by atoms with Crippen molar-refractivity contribution >= 4 is 28.6 Å². The number of para-hydroxylation sites is 1. The maximum Gasteiger partial charge on any atom is 0.235 e. The quantitative estimate of drug-likeness (QED) is 0.643. The van der Waals surface area contributed by atoms with Crippen molar-refractivity contribution in [1.29, 1.82) is 0 Å². The Morgan fingerprint density at radius 3 is 2.68 bits per heavy atom. The first-order chi connectivity index (χ1) is 10.6. The third-order valence-electron chi connectivity index (χ3n) is 3.98. The second-order valence-electron chi connectivity index (χ2n) is 5.74.